The van der Waals surface area contributed by atoms with E-state index in [2.05, 4.69) is 50.4 Å². The van der Waals surface area contributed by atoms with E-state index < -0.39 is 0 Å². The van der Waals surface area contributed by atoms with E-state index in [1.807, 2.05) is 0 Å². The molecule has 2 fully saturated rings. The summed E-state index contributed by atoms with van der Waals surface area (Å²) >= 11 is 0. The van der Waals surface area contributed by atoms with Crippen molar-refractivity contribution in [3.63, 3.8) is 0 Å². The topological polar surface area (TPSA) is 44.4 Å². The molecule has 1 amide bonds. The van der Waals surface area contributed by atoms with Gasteiger partial charge < -0.3 is 15.5 Å². The molecule has 2 bridgehead atoms. The number of carbonyl (C=O) groups is 1. The maximum Gasteiger partial charge on any atom is 0.234 e. The van der Waals surface area contributed by atoms with Gasteiger partial charge in [0.05, 0.1) is 6.54 Å². The summed E-state index contributed by atoms with van der Waals surface area (Å²) in [5.41, 5.74) is 0.189. The smallest absolute Gasteiger partial charge is 0.234 e. The molecular weight excluding hydrogens is 262 g/mol. The Morgan fingerprint density at radius 3 is 2.43 bits per heavy atom. The van der Waals surface area contributed by atoms with Crippen molar-refractivity contribution < 1.29 is 4.79 Å². The van der Waals surface area contributed by atoms with Gasteiger partial charge in [0, 0.05) is 5.54 Å². The highest BCUT2D eigenvalue weighted by Crippen LogP contribution is 2.61. The van der Waals surface area contributed by atoms with Gasteiger partial charge in [0.2, 0.25) is 5.91 Å². The molecule has 4 nitrogen and oxygen atoms in total. The standard InChI is InChI=1S/C17H33N3O/c1-16(2)13-7-8-14(11-13)17(16,3)19-15(21)12-18-9-6-10-20(4)5/h13-14,18H,6-12H2,1-5H3,(H,19,21)/t13-,14+,17+/m0/s1. The van der Waals surface area contributed by atoms with E-state index >= 15 is 0 Å². The molecule has 0 aliphatic heterocycles. The van der Waals surface area contributed by atoms with Gasteiger partial charge in [-0.25, -0.2) is 0 Å². The number of hydrogen-bond donors (Lipinski definition) is 2. The highest BCUT2D eigenvalue weighted by atomic mass is 16.2. The van der Waals surface area contributed by atoms with E-state index in [4.69, 9.17) is 0 Å². The van der Waals surface area contributed by atoms with Gasteiger partial charge in [-0.15, -0.1) is 0 Å². The number of hydrogen-bond acceptors (Lipinski definition) is 3. The van der Waals surface area contributed by atoms with Crippen LogP contribution in [0.25, 0.3) is 0 Å². The predicted molar refractivity (Wildman–Crippen MR) is 87.2 cm³/mol. The van der Waals surface area contributed by atoms with Crippen molar-refractivity contribution in [2.24, 2.45) is 17.3 Å². The number of nitrogens with one attached hydrogen (secondary N) is 2. The fourth-order valence-electron chi connectivity index (χ4n) is 4.43. The number of nitrogens with zero attached hydrogens (tertiary/aromatic N) is 1. The first-order chi connectivity index (χ1) is 9.77. The van der Waals surface area contributed by atoms with Crippen LogP contribution in [0.3, 0.4) is 0 Å². The van der Waals surface area contributed by atoms with E-state index in [1.165, 1.54) is 19.3 Å². The van der Waals surface area contributed by atoms with Crippen LogP contribution >= 0.6 is 0 Å². The molecule has 0 aromatic carbocycles. The summed E-state index contributed by atoms with van der Waals surface area (Å²) in [6, 6.07) is 0. The lowest BCUT2D eigenvalue weighted by Gasteiger charge is -2.48. The highest BCUT2D eigenvalue weighted by molar-refractivity contribution is 5.79. The van der Waals surface area contributed by atoms with Gasteiger partial charge in [-0.05, 0) is 77.0 Å². The summed E-state index contributed by atoms with van der Waals surface area (Å²) in [5, 5.41) is 6.63. The third kappa shape index (κ3) is 3.26. The lowest BCUT2D eigenvalue weighted by Crippen LogP contribution is -2.60. The molecule has 2 aliphatic rings. The van der Waals surface area contributed by atoms with E-state index in [0.717, 1.165) is 25.4 Å². The van der Waals surface area contributed by atoms with Crippen molar-refractivity contribution in [2.75, 3.05) is 33.7 Å². The zero-order chi connectivity index (χ0) is 15.7. The SMILES string of the molecule is CN(C)CCCNCC(=O)N[C@]1(C)[C@@H]2CC[C@@H](C2)C1(C)C. The summed E-state index contributed by atoms with van der Waals surface area (Å²) in [4.78, 5) is 14.4. The first-order valence-electron chi connectivity index (χ1n) is 8.44. The third-order valence-electron chi connectivity index (χ3n) is 6.25. The molecule has 2 aliphatic carbocycles. The first kappa shape index (κ1) is 16.8. The molecule has 2 rings (SSSR count). The van der Waals surface area contributed by atoms with Gasteiger partial charge in [0.25, 0.3) is 0 Å². The highest BCUT2D eigenvalue weighted by Gasteiger charge is 2.60. The quantitative estimate of drug-likeness (QED) is 0.705. The molecular formula is C17H33N3O. The van der Waals surface area contributed by atoms with Crippen LogP contribution in [0.5, 0.6) is 0 Å². The second-order valence-corrected chi connectivity index (χ2v) is 8.01. The van der Waals surface area contributed by atoms with Crippen molar-refractivity contribution >= 4 is 5.91 Å². The Bertz CT molecular complexity index is 380. The van der Waals surface area contributed by atoms with Crippen LogP contribution in [0.1, 0.15) is 46.5 Å². The number of amides is 1. The van der Waals surface area contributed by atoms with Gasteiger partial charge >= 0.3 is 0 Å². The molecule has 0 aromatic heterocycles. The summed E-state index contributed by atoms with van der Waals surface area (Å²) in [7, 11) is 4.15. The van der Waals surface area contributed by atoms with Gasteiger partial charge in [-0.1, -0.05) is 13.8 Å². The van der Waals surface area contributed by atoms with Crippen molar-refractivity contribution in [3.8, 4) is 0 Å². The first-order valence-corrected chi connectivity index (χ1v) is 8.44. The maximum atomic E-state index is 12.3. The molecule has 0 heterocycles. The molecule has 0 saturated heterocycles. The van der Waals surface area contributed by atoms with Gasteiger partial charge in [-0.3, -0.25) is 4.79 Å². The molecule has 21 heavy (non-hydrogen) atoms. The second-order valence-electron chi connectivity index (χ2n) is 8.01. The number of carbonyl (C=O) groups excluding carboxylic acids is 1. The fourth-order valence-corrected chi connectivity index (χ4v) is 4.43. The normalized spacial score (nSPS) is 33.6. The van der Waals surface area contributed by atoms with Crippen LogP contribution < -0.4 is 10.6 Å². The van der Waals surface area contributed by atoms with Crippen LogP contribution in [0, 0.1) is 17.3 Å². The van der Waals surface area contributed by atoms with Gasteiger partial charge in [-0.2, -0.15) is 0 Å². The molecule has 0 unspecified atom stereocenters. The Morgan fingerprint density at radius 1 is 1.19 bits per heavy atom. The lowest BCUT2D eigenvalue weighted by atomic mass is 9.64. The van der Waals surface area contributed by atoms with E-state index in [-0.39, 0.29) is 16.9 Å². The minimum Gasteiger partial charge on any atom is -0.349 e. The molecule has 0 aromatic rings. The van der Waals surface area contributed by atoms with E-state index in [1.54, 1.807) is 0 Å². The van der Waals surface area contributed by atoms with E-state index in [0.29, 0.717) is 12.5 Å². The maximum absolute atomic E-state index is 12.3. The van der Waals surface area contributed by atoms with Crippen molar-refractivity contribution in [2.45, 2.75) is 52.0 Å². The molecule has 3 atom stereocenters. The fraction of sp³-hybridized carbons (Fsp3) is 0.941. The predicted octanol–water partition coefficient (Wildman–Crippen LogP) is 1.86. The lowest BCUT2D eigenvalue weighted by molar-refractivity contribution is -0.124. The Hall–Kier alpha value is -0.610. The average Bonchev–Trinajstić information content (AvgIpc) is 2.92. The molecule has 0 spiro atoms. The zero-order valence-corrected chi connectivity index (χ0v) is 14.5. The summed E-state index contributed by atoms with van der Waals surface area (Å²) in [6.45, 7) is 9.33. The summed E-state index contributed by atoms with van der Waals surface area (Å²) in [5.74, 6) is 1.60. The monoisotopic (exact) mass is 295 g/mol. The molecule has 0 radical (unpaired) electrons. The summed E-state index contributed by atoms with van der Waals surface area (Å²) < 4.78 is 0. The van der Waals surface area contributed by atoms with E-state index in [9.17, 15) is 4.79 Å². The van der Waals surface area contributed by atoms with Gasteiger partial charge in [0.15, 0.2) is 0 Å². The molecule has 122 valence electrons. The Morgan fingerprint density at radius 2 is 1.86 bits per heavy atom. The van der Waals surface area contributed by atoms with Crippen LogP contribution in [0.2, 0.25) is 0 Å². The minimum absolute atomic E-state index is 0.0294. The largest absolute Gasteiger partial charge is 0.349 e. The Balaban J connectivity index is 1.77. The molecule has 2 saturated carbocycles. The third-order valence-corrected chi connectivity index (χ3v) is 6.25. The number of fused-ring (bicyclic) bond motifs is 2. The number of rotatable bonds is 7. The van der Waals surface area contributed by atoms with Crippen molar-refractivity contribution in [1.29, 1.82) is 0 Å². The second kappa shape index (κ2) is 6.25. The van der Waals surface area contributed by atoms with Crippen LogP contribution in [-0.2, 0) is 4.79 Å². The zero-order valence-electron chi connectivity index (χ0n) is 14.5. The average molecular weight is 295 g/mol. The minimum atomic E-state index is -0.0294. The van der Waals surface area contributed by atoms with Crippen LogP contribution in [0.4, 0.5) is 0 Å². The van der Waals surface area contributed by atoms with Crippen LogP contribution in [0.15, 0.2) is 0 Å². The van der Waals surface area contributed by atoms with Gasteiger partial charge in [0.1, 0.15) is 0 Å². The Labute approximate surface area is 130 Å². The summed E-state index contributed by atoms with van der Waals surface area (Å²) in [6.07, 6.45) is 4.99. The Kier molecular flexibility index (Phi) is 4.99. The molecule has 2 N–H and O–H groups in total. The van der Waals surface area contributed by atoms with Crippen molar-refractivity contribution in [3.05, 3.63) is 0 Å². The van der Waals surface area contributed by atoms with Crippen molar-refractivity contribution in [1.82, 2.24) is 15.5 Å². The van der Waals surface area contributed by atoms with Crippen LogP contribution in [-0.4, -0.2) is 50.1 Å². The molecule has 4 heteroatoms.